The molecule has 4 nitrogen and oxygen atoms in total. The van der Waals surface area contributed by atoms with Crippen LogP contribution in [0.4, 0.5) is 0 Å². The monoisotopic (exact) mass is 253 g/mol. The van der Waals surface area contributed by atoms with Crippen molar-refractivity contribution in [3.63, 3.8) is 0 Å². The molecule has 1 fully saturated rings. The van der Waals surface area contributed by atoms with Crippen molar-refractivity contribution in [1.82, 2.24) is 4.31 Å². The standard InChI is InChI=1S/C12H15NO3S/c14-11-6-4-5-9-13(10-11)17(15,16)12-7-2-1-3-8-12/h1-3,7-8H,4-6,9-10H2. The van der Waals surface area contributed by atoms with Gasteiger partial charge in [0.25, 0.3) is 0 Å². The summed E-state index contributed by atoms with van der Waals surface area (Å²) in [7, 11) is -3.51. The highest BCUT2D eigenvalue weighted by atomic mass is 32.2. The van der Waals surface area contributed by atoms with E-state index in [-0.39, 0.29) is 17.2 Å². The van der Waals surface area contributed by atoms with Gasteiger partial charge in [-0.1, -0.05) is 18.2 Å². The Morgan fingerprint density at radius 2 is 1.76 bits per heavy atom. The SMILES string of the molecule is O=C1CCCCN(S(=O)(=O)c2ccccc2)C1. The van der Waals surface area contributed by atoms with Crippen LogP contribution in [0.1, 0.15) is 19.3 Å². The lowest BCUT2D eigenvalue weighted by Gasteiger charge is -2.19. The summed E-state index contributed by atoms with van der Waals surface area (Å²) in [6.07, 6.45) is 2.01. The average Bonchev–Trinajstić information content (AvgIpc) is 2.55. The van der Waals surface area contributed by atoms with Crippen LogP contribution in [-0.4, -0.2) is 31.6 Å². The van der Waals surface area contributed by atoms with E-state index < -0.39 is 10.0 Å². The minimum absolute atomic E-state index is 0.00186. The van der Waals surface area contributed by atoms with E-state index in [0.717, 1.165) is 12.8 Å². The molecule has 0 spiro atoms. The summed E-state index contributed by atoms with van der Waals surface area (Å²) in [5, 5.41) is 0. The third-order valence-electron chi connectivity index (χ3n) is 2.85. The Morgan fingerprint density at radius 1 is 1.06 bits per heavy atom. The lowest BCUT2D eigenvalue weighted by atomic mass is 10.2. The van der Waals surface area contributed by atoms with Crippen molar-refractivity contribution in [3.05, 3.63) is 30.3 Å². The summed E-state index contributed by atoms with van der Waals surface area (Å²) in [4.78, 5) is 11.7. The van der Waals surface area contributed by atoms with Gasteiger partial charge >= 0.3 is 0 Å². The summed E-state index contributed by atoms with van der Waals surface area (Å²) in [5.41, 5.74) is 0. The first kappa shape index (κ1) is 12.3. The van der Waals surface area contributed by atoms with Gasteiger partial charge in [0.1, 0.15) is 5.78 Å². The first-order valence-corrected chi connectivity index (χ1v) is 7.11. The molecule has 0 aliphatic carbocycles. The second-order valence-corrected chi connectivity index (χ2v) is 6.09. The molecular weight excluding hydrogens is 238 g/mol. The second-order valence-electron chi connectivity index (χ2n) is 4.15. The van der Waals surface area contributed by atoms with Gasteiger partial charge in [0, 0.05) is 13.0 Å². The normalized spacial score (nSPS) is 18.9. The molecular formula is C12H15NO3S. The number of nitrogens with zero attached hydrogens (tertiary/aromatic N) is 1. The van der Waals surface area contributed by atoms with Gasteiger partial charge in [-0.25, -0.2) is 8.42 Å². The second kappa shape index (κ2) is 4.98. The molecule has 0 bridgehead atoms. The van der Waals surface area contributed by atoms with Crippen LogP contribution in [0.15, 0.2) is 35.2 Å². The van der Waals surface area contributed by atoms with Crippen LogP contribution in [0.3, 0.4) is 0 Å². The molecule has 0 unspecified atom stereocenters. The summed E-state index contributed by atoms with van der Waals surface area (Å²) in [5.74, 6) is 0.00186. The van der Waals surface area contributed by atoms with Crippen LogP contribution >= 0.6 is 0 Å². The van der Waals surface area contributed by atoms with Gasteiger partial charge in [0.05, 0.1) is 11.4 Å². The Balaban J connectivity index is 2.29. The third kappa shape index (κ3) is 2.73. The minimum atomic E-state index is -3.51. The van der Waals surface area contributed by atoms with Crippen molar-refractivity contribution in [2.24, 2.45) is 0 Å². The van der Waals surface area contributed by atoms with E-state index in [2.05, 4.69) is 0 Å². The van der Waals surface area contributed by atoms with E-state index in [1.807, 2.05) is 0 Å². The van der Waals surface area contributed by atoms with Crippen molar-refractivity contribution in [2.75, 3.05) is 13.1 Å². The zero-order valence-corrected chi connectivity index (χ0v) is 10.3. The summed E-state index contributed by atoms with van der Waals surface area (Å²) < 4.78 is 25.8. The van der Waals surface area contributed by atoms with Gasteiger partial charge in [-0.3, -0.25) is 4.79 Å². The molecule has 0 N–H and O–H groups in total. The zero-order chi connectivity index (χ0) is 12.3. The zero-order valence-electron chi connectivity index (χ0n) is 9.50. The molecule has 0 saturated carbocycles. The fourth-order valence-electron chi connectivity index (χ4n) is 1.91. The molecule has 0 atom stereocenters. The third-order valence-corrected chi connectivity index (χ3v) is 4.71. The summed E-state index contributed by atoms with van der Waals surface area (Å²) >= 11 is 0. The summed E-state index contributed by atoms with van der Waals surface area (Å²) in [6, 6.07) is 8.26. The number of sulfonamides is 1. The van der Waals surface area contributed by atoms with Gasteiger partial charge in [-0.05, 0) is 25.0 Å². The number of benzene rings is 1. The molecule has 92 valence electrons. The maximum Gasteiger partial charge on any atom is 0.243 e. The van der Waals surface area contributed by atoms with Crippen molar-refractivity contribution in [1.29, 1.82) is 0 Å². The first-order chi connectivity index (χ1) is 8.10. The molecule has 0 aromatic heterocycles. The first-order valence-electron chi connectivity index (χ1n) is 5.67. The molecule has 0 radical (unpaired) electrons. The van der Waals surface area contributed by atoms with E-state index in [0.29, 0.717) is 13.0 Å². The van der Waals surface area contributed by atoms with E-state index in [9.17, 15) is 13.2 Å². The van der Waals surface area contributed by atoms with E-state index in [1.165, 1.54) is 4.31 Å². The number of ketones is 1. The molecule has 1 aromatic rings. The van der Waals surface area contributed by atoms with Gasteiger partial charge in [0.15, 0.2) is 0 Å². The Morgan fingerprint density at radius 3 is 2.47 bits per heavy atom. The van der Waals surface area contributed by atoms with E-state index >= 15 is 0 Å². The number of Topliss-reactive ketones (excluding diaryl/α,β-unsaturated/α-hetero) is 1. The smallest absolute Gasteiger partial charge is 0.243 e. The maximum atomic E-state index is 12.3. The highest BCUT2D eigenvalue weighted by Crippen LogP contribution is 2.18. The average molecular weight is 253 g/mol. The largest absolute Gasteiger partial charge is 0.298 e. The Hall–Kier alpha value is -1.20. The van der Waals surface area contributed by atoms with Crippen molar-refractivity contribution in [2.45, 2.75) is 24.2 Å². The van der Waals surface area contributed by atoms with Crippen molar-refractivity contribution < 1.29 is 13.2 Å². The van der Waals surface area contributed by atoms with Crippen LogP contribution in [0.5, 0.6) is 0 Å². The molecule has 1 aliphatic heterocycles. The molecule has 17 heavy (non-hydrogen) atoms. The fourth-order valence-corrected chi connectivity index (χ4v) is 3.39. The van der Waals surface area contributed by atoms with Crippen LogP contribution in [0.25, 0.3) is 0 Å². The van der Waals surface area contributed by atoms with Gasteiger partial charge < -0.3 is 0 Å². The quantitative estimate of drug-likeness (QED) is 0.801. The van der Waals surface area contributed by atoms with Crippen molar-refractivity contribution in [3.8, 4) is 0 Å². The minimum Gasteiger partial charge on any atom is -0.298 e. The highest BCUT2D eigenvalue weighted by Gasteiger charge is 2.27. The lowest BCUT2D eigenvalue weighted by Crippen LogP contribution is -2.34. The lowest BCUT2D eigenvalue weighted by molar-refractivity contribution is -0.118. The molecule has 5 heteroatoms. The Labute approximate surface area is 101 Å². The van der Waals surface area contributed by atoms with E-state index in [4.69, 9.17) is 0 Å². The Bertz CT molecular complexity index is 496. The van der Waals surface area contributed by atoms with E-state index in [1.54, 1.807) is 30.3 Å². The molecule has 2 rings (SSSR count). The maximum absolute atomic E-state index is 12.3. The number of hydrogen-bond donors (Lipinski definition) is 0. The van der Waals surface area contributed by atoms with Gasteiger partial charge in [0.2, 0.25) is 10.0 Å². The van der Waals surface area contributed by atoms with Crippen LogP contribution < -0.4 is 0 Å². The number of hydrogen-bond acceptors (Lipinski definition) is 3. The Kier molecular flexibility index (Phi) is 3.59. The molecule has 0 amide bonds. The van der Waals surface area contributed by atoms with Crippen LogP contribution in [-0.2, 0) is 14.8 Å². The number of carbonyl (C=O) groups excluding carboxylic acids is 1. The molecule has 1 aromatic carbocycles. The molecule has 1 aliphatic rings. The topological polar surface area (TPSA) is 54.5 Å². The van der Waals surface area contributed by atoms with Crippen LogP contribution in [0, 0.1) is 0 Å². The van der Waals surface area contributed by atoms with Gasteiger partial charge in [-0.2, -0.15) is 4.31 Å². The van der Waals surface area contributed by atoms with Crippen molar-refractivity contribution >= 4 is 15.8 Å². The summed E-state index contributed by atoms with van der Waals surface area (Å²) in [6.45, 7) is 0.445. The highest BCUT2D eigenvalue weighted by molar-refractivity contribution is 7.89. The van der Waals surface area contributed by atoms with Gasteiger partial charge in [-0.15, -0.1) is 0 Å². The predicted octanol–water partition coefficient (Wildman–Crippen LogP) is 1.43. The predicted molar refractivity (Wildman–Crippen MR) is 64.1 cm³/mol. The molecule has 1 heterocycles. The van der Waals surface area contributed by atoms with Crippen LogP contribution in [0.2, 0.25) is 0 Å². The molecule has 1 saturated heterocycles. The number of rotatable bonds is 2. The fraction of sp³-hybridized carbons (Fsp3) is 0.417. The number of carbonyl (C=O) groups is 1.